The van der Waals surface area contributed by atoms with Gasteiger partial charge in [0.05, 0.1) is 7.11 Å². The number of esters is 1. The number of methoxy groups -OCH3 is 1. The summed E-state index contributed by atoms with van der Waals surface area (Å²) in [5, 5.41) is 0. The van der Waals surface area contributed by atoms with Gasteiger partial charge in [-0.15, -0.1) is 0 Å². The second-order valence-corrected chi connectivity index (χ2v) is 4.80. The van der Waals surface area contributed by atoms with Gasteiger partial charge in [0.25, 0.3) is 0 Å². The topological polar surface area (TPSA) is 47.9 Å². The first-order valence-electron chi connectivity index (χ1n) is 6.73. The molecule has 3 rings (SSSR count). The minimum atomic E-state index is -0.441. The maximum absolute atomic E-state index is 11.5. The summed E-state index contributed by atoms with van der Waals surface area (Å²) in [5.74, 6) is 1.24. The van der Waals surface area contributed by atoms with Crippen LogP contribution in [0.2, 0.25) is 0 Å². The third-order valence-corrected chi connectivity index (χ3v) is 3.38. The van der Waals surface area contributed by atoms with E-state index in [0.29, 0.717) is 6.42 Å². The summed E-state index contributed by atoms with van der Waals surface area (Å²) in [6, 6.07) is 15.0. The standard InChI is InChI=1S/C17H15NO3/c1-20-17(19)16-10-12-7-8-15(9-13(12)11-18-16)21-14-5-3-2-4-6-14/h2-9,11,16H,10H2,1H3. The Morgan fingerprint density at radius 3 is 2.71 bits per heavy atom. The van der Waals surface area contributed by atoms with Crippen LogP contribution in [0.4, 0.5) is 0 Å². The number of para-hydroxylation sites is 1. The summed E-state index contributed by atoms with van der Waals surface area (Å²) in [6.07, 6.45) is 2.27. The van der Waals surface area contributed by atoms with Gasteiger partial charge in [-0.3, -0.25) is 4.99 Å². The van der Waals surface area contributed by atoms with Crippen molar-refractivity contribution in [3.63, 3.8) is 0 Å². The van der Waals surface area contributed by atoms with Crippen molar-refractivity contribution in [3.8, 4) is 11.5 Å². The van der Waals surface area contributed by atoms with Gasteiger partial charge in [0, 0.05) is 12.6 Å². The van der Waals surface area contributed by atoms with Gasteiger partial charge in [0.2, 0.25) is 0 Å². The summed E-state index contributed by atoms with van der Waals surface area (Å²) in [6.45, 7) is 0. The van der Waals surface area contributed by atoms with Gasteiger partial charge < -0.3 is 9.47 Å². The highest BCUT2D eigenvalue weighted by atomic mass is 16.5. The number of fused-ring (bicyclic) bond motifs is 1. The number of benzene rings is 2. The molecule has 1 atom stereocenters. The smallest absolute Gasteiger partial charge is 0.330 e. The number of hydrogen-bond donors (Lipinski definition) is 0. The van der Waals surface area contributed by atoms with Gasteiger partial charge in [0.15, 0.2) is 6.04 Å². The first-order valence-corrected chi connectivity index (χ1v) is 6.73. The van der Waals surface area contributed by atoms with E-state index in [1.54, 1.807) is 6.21 Å². The predicted molar refractivity (Wildman–Crippen MR) is 80.1 cm³/mol. The summed E-state index contributed by atoms with van der Waals surface area (Å²) < 4.78 is 10.5. The fourth-order valence-electron chi connectivity index (χ4n) is 2.28. The fraction of sp³-hybridized carbons (Fsp3) is 0.176. The maximum Gasteiger partial charge on any atom is 0.330 e. The molecule has 2 aromatic carbocycles. The van der Waals surface area contributed by atoms with Crippen molar-refractivity contribution >= 4 is 12.2 Å². The molecule has 0 N–H and O–H groups in total. The molecular formula is C17H15NO3. The van der Waals surface area contributed by atoms with Crippen LogP contribution in [-0.4, -0.2) is 25.3 Å². The van der Waals surface area contributed by atoms with Crippen molar-refractivity contribution in [2.75, 3.05) is 7.11 Å². The SMILES string of the molecule is COC(=O)C1Cc2ccc(Oc3ccccc3)cc2C=N1. The number of carbonyl (C=O) groups is 1. The number of aliphatic imine (C=N–C) groups is 1. The van der Waals surface area contributed by atoms with Crippen molar-refractivity contribution in [3.05, 3.63) is 59.7 Å². The van der Waals surface area contributed by atoms with Crippen molar-refractivity contribution in [1.82, 2.24) is 0 Å². The highest BCUT2D eigenvalue weighted by Gasteiger charge is 2.22. The second kappa shape index (κ2) is 5.79. The monoisotopic (exact) mass is 281 g/mol. The number of rotatable bonds is 3. The van der Waals surface area contributed by atoms with Crippen molar-refractivity contribution in [1.29, 1.82) is 0 Å². The lowest BCUT2D eigenvalue weighted by Crippen LogP contribution is -2.26. The van der Waals surface area contributed by atoms with Gasteiger partial charge >= 0.3 is 5.97 Å². The van der Waals surface area contributed by atoms with Crippen LogP contribution < -0.4 is 4.74 Å². The van der Waals surface area contributed by atoms with Gasteiger partial charge in [0.1, 0.15) is 11.5 Å². The Morgan fingerprint density at radius 1 is 1.14 bits per heavy atom. The van der Waals surface area contributed by atoms with Gasteiger partial charge in [-0.2, -0.15) is 0 Å². The summed E-state index contributed by atoms with van der Waals surface area (Å²) >= 11 is 0. The number of nitrogens with zero attached hydrogens (tertiary/aromatic N) is 1. The first kappa shape index (κ1) is 13.4. The number of ether oxygens (including phenoxy) is 2. The maximum atomic E-state index is 11.5. The van der Waals surface area contributed by atoms with Crippen LogP contribution in [-0.2, 0) is 16.0 Å². The van der Waals surface area contributed by atoms with E-state index in [1.165, 1.54) is 7.11 Å². The number of carbonyl (C=O) groups excluding carboxylic acids is 1. The highest BCUT2D eigenvalue weighted by molar-refractivity contribution is 5.88. The van der Waals surface area contributed by atoms with E-state index >= 15 is 0 Å². The molecule has 0 aromatic heterocycles. The molecule has 0 radical (unpaired) electrons. The Labute approximate surface area is 123 Å². The van der Waals surface area contributed by atoms with E-state index in [0.717, 1.165) is 22.6 Å². The molecule has 1 aliphatic heterocycles. The number of hydrogen-bond acceptors (Lipinski definition) is 4. The minimum Gasteiger partial charge on any atom is -0.467 e. The molecule has 106 valence electrons. The Bertz CT molecular complexity index is 680. The van der Waals surface area contributed by atoms with Crippen LogP contribution in [0.3, 0.4) is 0 Å². The quantitative estimate of drug-likeness (QED) is 0.813. The normalized spacial score (nSPS) is 16.1. The van der Waals surface area contributed by atoms with E-state index in [4.69, 9.17) is 9.47 Å². The molecule has 0 saturated carbocycles. The first-order chi connectivity index (χ1) is 10.3. The molecule has 0 saturated heterocycles. The average molecular weight is 281 g/mol. The largest absolute Gasteiger partial charge is 0.467 e. The highest BCUT2D eigenvalue weighted by Crippen LogP contribution is 2.26. The molecule has 4 heteroatoms. The Kier molecular flexibility index (Phi) is 3.69. The zero-order valence-electron chi connectivity index (χ0n) is 11.7. The molecule has 21 heavy (non-hydrogen) atoms. The van der Waals surface area contributed by atoms with E-state index in [-0.39, 0.29) is 5.97 Å². The van der Waals surface area contributed by atoms with E-state index in [1.807, 2.05) is 48.5 Å². The lowest BCUT2D eigenvalue weighted by Gasteiger charge is -2.17. The molecule has 2 aromatic rings. The lowest BCUT2D eigenvalue weighted by molar-refractivity contribution is -0.142. The van der Waals surface area contributed by atoms with Gasteiger partial charge in [-0.05, 0) is 35.4 Å². The summed E-state index contributed by atoms with van der Waals surface area (Å²) in [7, 11) is 1.38. The zero-order chi connectivity index (χ0) is 14.7. The zero-order valence-corrected chi connectivity index (χ0v) is 11.7. The van der Waals surface area contributed by atoms with Crippen LogP contribution in [0.15, 0.2) is 53.5 Å². The summed E-state index contributed by atoms with van der Waals surface area (Å²) in [4.78, 5) is 15.8. The molecule has 4 nitrogen and oxygen atoms in total. The molecule has 1 aliphatic rings. The van der Waals surface area contributed by atoms with Gasteiger partial charge in [-0.1, -0.05) is 24.3 Å². The lowest BCUT2D eigenvalue weighted by atomic mass is 9.98. The molecule has 0 aliphatic carbocycles. The molecule has 0 fully saturated rings. The van der Waals surface area contributed by atoms with E-state index < -0.39 is 6.04 Å². The van der Waals surface area contributed by atoms with Crippen molar-refractivity contribution in [2.45, 2.75) is 12.5 Å². The van der Waals surface area contributed by atoms with Crippen LogP contribution in [0, 0.1) is 0 Å². The molecule has 0 bridgehead atoms. The molecule has 1 unspecified atom stereocenters. The van der Waals surface area contributed by atoms with Crippen molar-refractivity contribution < 1.29 is 14.3 Å². The fourth-order valence-corrected chi connectivity index (χ4v) is 2.28. The van der Waals surface area contributed by atoms with Gasteiger partial charge in [-0.25, -0.2) is 4.79 Å². The molecule has 0 amide bonds. The van der Waals surface area contributed by atoms with Crippen LogP contribution in [0.1, 0.15) is 11.1 Å². The van der Waals surface area contributed by atoms with Crippen molar-refractivity contribution in [2.24, 2.45) is 4.99 Å². The Morgan fingerprint density at radius 2 is 1.95 bits per heavy atom. The summed E-state index contributed by atoms with van der Waals surface area (Å²) in [5.41, 5.74) is 2.05. The van der Waals surface area contributed by atoms with E-state index in [2.05, 4.69) is 4.99 Å². The molecule has 0 spiro atoms. The third-order valence-electron chi connectivity index (χ3n) is 3.38. The van der Waals surface area contributed by atoms with Crippen LogP contribution >= 0.6 is 0 Å². The average Bonchev–Trinajstić information content (AvgIpc) is 2.54. The van der Waals surface area contributed by atoms with Crippen LogP contribution in [0.5, 0.6) is 11.5 Å². The predicted octanol–water partition coefficient (Wildman–Crippen LogP) is 3.00. The van der Waals surface area contributed by atoms with Crippen LogP contribution in [0.25, 0.3) is 0 Å². The second-order valence-electron chi connectivity index (χ2n) is 4.80. The minimum absolute atomic E-state index is 0.304. The Balaban J connectivity index is 1.80. The molecule has 1 heterocycles. The molecular weight excluding hydrogens is 266 g/mol. The third kappa shape index (κ3) is 2.94. The van der Waals surface area contributed by atoms with E-state index in [9.17, 15) is 4.79 Å². The Hall–Kier alpha value is -2.62.